The molecule has 0 aliphatic heterocycles. The largest absolute Gasteiger partial charge is 0.325 e. The molecule has 0 atom stereocenters. The van der Waals surface area contributed by atoms with Gasteiger partial charge in [-0.25, -0.2) is 9.97 Å². The van der Waals surface area contributed by atoms with Crippen LogP contribution in [0.25, 0.3) is 21.6 Å². The minimum atomic E-state index is -0.307. The monoisotopic (exact) mass is 362 g/mol. The summed E-state index contributed by atoms with van der Waals surface area (Å²) in [6.07, 6.45) is 2.99. The van der Waals surface area contributed by atoms with E-state index in [0.717, 1.165) is 10.6 Å². The van der Waals surface area contributed by atoms with E-state index < -0.39 is 0 Å². The molecule has 0 aliphatic rings. The van der Waals surface area contributed by atoms with Gasteiger partial charge in [-0.15, -0.1) is 11.3 Å². The first kappa shape index (κ1) is 16.2. The number of benzene rings is 2. The summed E-state index contributed by atoms with van der Waals surface area (Å²) in [7, 11) is 0. The Hall–Kier alpha value is -3.32. The Balaban J connectivity index is 1.53. The number of nitrogens with zero attached hydrogens (tertiary/aromatic N) is 3. The third kappa shape index (κ3) is 3.25. The normalized spacial score (nSPS) is 10.8. The lowest BCUT2D eigenvalue weighted by Gasteiger charge is -2.10. The smallest absolute Gasteiger partial charge is 0.269 e. The van der Waals surface area contributed by atoms with E-state index in [2.05, 4.69) is 15.3 Å². The molecule has 6 nitrogen and oxygen atoms in total. The summed E-state index contributed by atoms with van der Waals surface area (Å²) < 4.78 is 1.42. The number of hydrogen-bond acceptors (Lipinski definition) is 5. The van der Waals surface area contributed by atoms with Crippen LogP contribution in [0.15, 0.2) is 71.1 Å². The Morgan fingerprint density at radius 1 is 1.08 bits per heavy atom. The van der Waals surface area contributed by atoms with E-state index in [9.17, 15) is 9.59 Å². The molecule has 1 amide bonds. The highest BCUT2D eigenvalue weighted by atomic mass is 32.1. The number of nitrogens with one attached hydrogen (secondary N) is 1. The highest BCUT2D eigenvalue weighted by Crippen LogP contribution is 2.23. The van der Waals surface area contributed by atoms with Crippen molar-refractivity contribution in [2.75, 3.05) is 5.32 Å². The maximum atomic E-state index is 12.4. The van der Waals surface area contributed by atoms with E-state index in [1.54, 1.807) is 29.7 Å². The standard InChI is InChI=1S/C19H14N4O2S/c24-17(12-23-16-4-2-1-3-15(16)21-11-18(23)25)22-14-7-5-13(6-8-14)19-20-9-10-26-19/h1-11H,12H2,(H,22,24). The van der Waals surface area contributed by atoms with Gasteiger partial charge in [-0.2, -0.15) is 0 Å². The van der Waals surface area contributed by atoms with Crippen molar-refractivity contribution < 1.29 is 4.79 Å². The van der Waals surface area contributed by atoms with Gasteiger partial charge in [-0.1, -0.05) is 12.1 Å². The molecule has 0 aliphatic carbocycles. The van der Waals surface area contributed by atoms with Crippen molar-refractivity contribution in [2.24, 2.45) is 0 Å². The van der Waals surface area contributed by atoms with Crippen molar-refractivity contribution in [1.82, 2.24) is 14.5 Å². The van der Waals surface area contributed by atoms with Gasteiger partial charge in [-0.3, -0.25) is 14.2 Å². The molecule has 2 heterocycles. The van der Waals surface area contributed by atoms with Gasteiger partial charge in [0.1, 0.15) is 11.6 Å². The van der Waals surface area contributed by atoms with Gasteiger partial charge in [0.2, 0.25) is 5.91 Å². The zero-order valence-electron chi connectivity index (χ0n) is 13.6. The predicted molar refractivity (Wildman–Crippen MR) is 102 cm³/mol. The Morgan fingerprint density at radius 3 is 2.65 bits per heavy atom. The molecule has 0 spiro atoms. The van der Waals surface area contributed by atoms with Crippen molar-refractivity contribution in [2.45, 2.75) is 6.54 Å². The molecule has 1 N–H and O–H groups in total. The van der Waals surface area contributed by atoms with Crippen LogP contribution in [0.2, 0.25) is 0 Å². The van der Waals surface area contributed by atoms with Gasteiger partial charge >= 0.3 is 0 Å². The van der Waals surface area contributed by atoms with Crippen LogP contribution >= 0.6 is 11.3 Å². The topological polar surface area (TPSA) is 76.9 Å². The molecule has 128 valence electrons. The molecule has 0 fully saturated rings. The molecule has 0 saturated heterocycles. The lowest BCUT2D eigenvalue weighted by Crippen LogP contribution is -2.27. The second kappa shape index (κ2) is 6.89. The van der Waals surface area contributed by atoms with Gasteiger partial charge in [0.15, 0.2) is 0 Å². The zero-order chi connectivity index (χ0) is 17.9. The van der Waals surface area contributed by atoms with E-state index in [-0.39, 0.29) is 18.0 Å². The maximum Gasteiger partial charge on any atom is 0.269 e. The lowest BCUT2D eigenvalue weighted by atomic mass is 10.2. The highest BCUT2D eigenvalue weighted by molar-refractivity contribution is 7.13. The van der Waals surface area contributed by atoms with Crippen LogP contribution in [0.1, 0.15) is 0 Å². The van der Waals surface area contributed by atoms with Crippen molar-refractivity contribution in [3.8, 4) is 10.6 Å². The third-order valence-electron chi connectivity index (χ3n) is 3.90. The number of thiazole rings is 1. The molecule has 4 rings (SSSR count). The SMILES string of the molecule is O=C(Cn1c(=O)cnc2ccccc21)Nc1ccc(-c2nccs2)cc1. The van der Waals surface area contributed by atoms with Crippen molar-refractivity contribution in [3.05, 3.63) is 76.7 Å². The van der Waals surface area contributed by atoms with Crippen LogP contribution < -0.4 is 10.9 Å². The van der Waals surface area contributed by atoms with Gasteiger partial charge in [0.25, 0.3) is 5.56 Å². The second-order valence-electron chi connectivity index (χ2n) is 5.63. The van der Waals surface area contributed by atoms with Crippen LogP contribution in [0.5, 0.6) is 0 Å². The lowest BCUT2D eigenvalue weighted by molar-refractivity contribution is -0.116. The highest BCUT2D eigenvalue weighted by Gasteiger charge is 2.09. The first-order valence-corrected chi connectivity index (χ1v) is 8.83. The van der Waals surface area contributed by atoms with Crippen molar-refractivity contribution >= 4 is 34.0 Å². The van der Waals surface area contributed by atoms with E-state index in [0.29, 0.717) is 16.7 Å². The van der Waals surface area contributed by atoms with E-state index in [1.807, 2.05) is 41.8 Å². The number of hydrogen-bond donors (Lipinski definition) is 1. The summed E-state index contributed by atoms with van der Waals surface area (Å²) in [5.74, 6) is -0.273. The molecule has 0 unspecified atom stereocenters. The number of rotatable bonds is 4. The van der Waals surface area contributed by atoms with Crippen LogP contribution in [0.4, 0.5) is 5.69 Å². The second-order valence-corrected chi connectivity index (χ2v) is 6.53. The first-order valence-electron chi connectivity index (χ1n) is 7.95. The first-order chi connectivity index (χ1) is 12.7. The molecule has 7 heteroatoms. The quantitative estimate of drug-likeness (QED) is 0.605. The summed E-state index contributed by atoms with van der Waals surface area (Å²) >= 11 is 1.56. The number of carbonyl (C=O) groups excluding carboxylic acids is 1. The molecule has 26 heavy (non-hydrogen) atoms. The minimum Gasteiger partial charge on any atom is -0.325 e. The number of para-hydroxylation sites is 2. The Kier molecular flexibility index (Phi) is 4.28. The maximum absolute atomic E-state index is 12.4. The number of fused-ring (bicyclic) bond motifs is 1. The van der Waals surface area contributed by atoms with Gasteiger partial charge in [0, 0.05) is 22.8 Å². The van der Waals surface area contributed by atoms with Crippen molar-refractivity contribution in [1.29, 1.82) is 0 Å². The van der Waals surface area contributed by atoms with E-state index >= 15 is 0 Å². The average molecular weight is 362 g/mol. The Bertz CT molecular complexity index is 1120. The van der Waals surface area contributed by atoms with Gasteiger partial charge < -0.3 is 5.32 Å². The zero-order valence-corrected chi connectivity index (χ0v) is 14.4. The van der Waals surface area contributed by atoms with Crippen LogP contribution in [-0.4, -0.2) is 20.4 Å². The summed E-state index contributed by atoms with van der Waals surface area (Å²) in [5, 5.41) is 5.67. The van der Waals surface area contributed by atoms with E-state index in [1.165, 1.54) is 10.8 Å². The fourth-order valence-electron chi connectivity index (χ4n) is 2.68. The summed E-state index contributed by atoms with van der Waals surface area (Å²) in [4.78, 5) is 32.9. The molecular weight excluding hydrogens is 348 g/mol. The van der Waals surface area contributed by atoms with Crippen LogP contribution in [0.3, 0.4) is 0 Å². The van der Waals surface area contributed by atoms with Gasteiger partial charge in [-0.05, 0) is 36.4 Å². The summed E-state index contributed by atoms with van der Waals surface area (Å²) in [6.45, 7) is -0.0733. The molecule has 0 saturated carbocycles. The van der Waals surface area contributed by atoms with Gasteiger partial charge in [0.05, 0.1) is 17.2 Å². The Labute approximate surface area is 152 Å². The number of anilines is 1. The van der Waals surface area contributed by atoms with Crippen LogP contribution in [0, 0.1) is 0 Å². The molecule has 0 radical (unpaired) electrons. The van der Waals surface area contributed by atoms with Crippen molar-refractivity contribution in [3.63, 3.8) is 0 Å². The summed E-state index contributed by atoms with van der Waals surface area (Å²) in [6, 6.07) is 14.7. The van der Waals surface area contributed by atoms with Crippen LogP contribution in [-0.2, 0) is 11.3 Å². The number of carbonyl (C=O) groups is 1. The Morgan fingerprint density at radius 2 is 1.88 bits per heavy atom. The number of aromatic nitrogens is 3. The fraction of sp³-hybridized carbons (Fsp3) is 0.0526. The fourth-order valence-corrected chi connectivity index (χ4v) is 3.33. The minimum absolute atomic E-state index is 0.0733. The molecule has 2 aromatic heterocycles. The summed E-state index contributed by atoms with van der Waals surface area (Å²) in [5.41, 5.74) is 2.66. The predicted octanol–water partition coefficient (Wildman–Crippen LogP) is 3.16. The number of amides is 1. The molecule has 2 aromatic carbocycles. The average Bonchev–Trinajstić information content (AvgIpc) is 3.19. The van der Waals surface area contributed by atoms with E-state index in [4.69, 9.17) is 0 Å². The third-order valence-corrected chi connectivity index (χ3v) is 4.72. The molecular formula is C19H14N4O2S. The molecule has 0 bridgehead atoms. The molecule has 4 aromatic rings.